The molecule has 2 N–H and O–H groups in total. The van der Waals surface area contributed by atoms with Crippen LogP contribution in [0.15, 0.2) is 0 Å². The number of aliphatic hydroxyl groups excluding tert-OH is 2. The molecule has 0 aromatic carbocycles. The number of hydrogen-bond acceptors (Lipinski definition) is 4. The number of nitrogens with zero attached hydrogens (tertiary/aromatic N) is 2. The van der Waals surface area contributed by atoms with Crippen molar-refractivity contribution in [2.24, 2.45) is 0 Å². The predicted octanol–water partition coefficient (Wildman–Crippen LogP) is -0.807. The van der Waals surface area contributed by atoms with Gasteiger partial charge in [0, 0.05) is 25.2 Å². The highest BCUT2D eigenvalue weighted by Gasteiger charge is 2.53. The molecule has 0 aromatic rings. The Balaban J connectivity index is 2.36. The van der Waals surface area contributed by atoms with Gasteiger partial charge < -0.3 is 10.2 Å². The topological polar surface area (TPSA) is 46.9 Å². The monoisotopic (exact) mass is 222 g/mol. The number of aliphatic hydroxyl groups is 2. The molecule has 2 unspecified atom stereocenters. The van der Waals surface area contributed by atoms with Crippen LogP contribution in [0.3, 0.4) is 0 Å². The van der Waals surface area contributed by atoms with Gasteiger partial charge in [0.05, 0.1) is 18.6 Å². The molecule has 1 fully saturated rings. The number of alkyl halides is 1. The fourth-order valence-corrected chi connectivity index (χ4v) is 2.47. The highest BCUT2D eigenvalue weighted by molar-refractivity contribution is 6.24. The molecule has 0 radical (unpaired) electrons. The van der Waals surface area contributed by atoms with Crippen LogP contribution in [-0.4, -0.2) is 77.9 Å². The summed E-state index contributed by atoms with van der Waals surface area (Å²) in [6.45, 7) is 1.62. The van der Waals surface area contributed by atoms with Gasteiger partial charge in [-0.05, 0) is 14.1 Å². The largest absolute Gasteiger partial charge is 0.395 e. The van der Waals surface area contributed by atoms with Crippen LogP contribution in [0.5, 0.6) is 0 Å². The van der Waals surface area contributed by atoms with Gasteiger partial charge in [-0.3, -0.25) is 9.80 Å². The molecule has 0 heterocycles. The van der Waals surface area contributed by atoms with Crippen molar-refractivity contribution in [2.75, 3.05) is 40.4 Å². The summed E-state index contributed by atoms with van der Waals surface area (Å²) in [4.78, 5) is 4.13. The Morgan fingerprint density at radius 3 is 1.64 bits per heavy atom. The molecule has 1 rings (SSSR count). The van der Waals surface area contributed by atoms with Crippen LogP contribution in [0.4, 0.5) is 0 Å². The van der Waals surface area contributed by atoms with Crippen molar-refractivity contribution in [3.05, 3.63) is 0 Å². The van der Waals surface area contributed by atoms with Crippen LogP contribution in [-0.2, 0) is 0 Å². The Labute approximate surface area is 90.1 Å². The third-order valence-electron chi connectivity index (χ3n) is 2.78. The molecule has 0 spiro atoms. The van der Waals surface area contributed by atoms with Gasteiger partial charge in [-0.2, -0.15) is 0 Å². The summed E-state index contributed by atoms with van der Waals surface area (Å²) in [6.07, 6.45) is 0. The third-order valence-corrected chi connectivity index (χ3v) is 3.30. The van der Waals surface area contributed by atoms with E-state index in [1.165, 1.54) is 0 Å². The maximum Gasteiger partial charge on any atom is 0.0677 e. The van der Waals surface area contributed by atoms with Crippen LogP contribution in [0.25, 0.3) is 0 Å². The van der Waals surface area contributed by atoms with Crippen molar-refractivity contribution in [3.8, 4) is 0 Å². The summed E-state index contributed by atoms with van der Waals surface area (Å²) in [6, 6.07) is 0.612. The van der Waals surface area contributed by atoms with Crippen LogP contribution in [0.1, 0.15) is 0 Å². The average Bonchev–Trinajstić information content (AvgIpc) is 2.78. The zero-order chi connectivity index (χ0) is 10.7. The molecular weight excluding hydrogens is 204 g/mol. The number of halogens is 1. The molecule has 1 aliphatic rings. The number of hydrogen-bond donors (Lipinski definition) is 2. The summed E-state index contributed by atoms with van der Waals surface area (Å²) in [5.74, 6) is 0. The van der Waals surface area contributed by atoms with E-state index in [1.807, 2.05) is 14.1 Å². The Kier molecular flexibility index (Phi) is 4.60. The first-order valence-corrected chi connectivity index (χ1v) is 5.33. The SMILES string of the molecule is CN(CCO)C1C(Cl)C1N(C)CCO. The number of likely N-dealkylation sites (N-methyl/N-ethyl adjacent to an activating group) is 2. The molecule has 4 nitrogen and oxygen atoms in total. The van der Waals surface area contributed by atoms with Gasteiger partial charge in [-0.1, -0.05) is 0 Å². The second kappa shape index (κ2) is 5.28. The van der Waals surface area contributed by atoms with E-state index >= 15 is 0 Å². The van der Waals surface area contributed by atoms with E-state index < -0.39 is 0 Å². The molecule has 1 aliphatic carbocycles. The van der Waals surface area contributed by atoms with E-state index in [0.29, 0.717) is 25.2 Å². The van der Waals surface area contributed by atoms with Crippen LogP contribution in [0.2, 0.25) is 0 Å². The molecule has 5 heteroatoms. The number of rotatable bonds is 6. The van der Waals surface area contributed by atoms with Crippen molar-refractivity contribution in [3.63, 3.8) is 0 Å². The van der Waals surface area contributed by atoms with Crippen molar-refractivity contribution in [1.29, 1.82) is 0 Å². The molecule has 14 heavy (non-hydrogen) atoms. The Bertz CT molecular complexity index is 164. The summed E-state index contributed by atoms with van der Waals surface area (Å²) < 4.78 is 0. The fraction of sp³-hybridized carbons (Fsp3) is 1.00. The van der Waals surface area contributed by atoms with Gasteiger partial charge in [0.25, 0.3) is 0 Å². The highest BCUT2D eigenvalue weighted by atomic mass is 35.5. The van der Waals surface area contributed by atoms with Gasteiger partial charge in [-0.25, -0.2) is 0 Å². The van der Waals surface area contributed by atoms with Crippen LogP contribution >= 0.6 is 11.6 Å². The lowest BCUT2D eigenvalue weighted by Crippen LogP contribution is -2.33. The lowest BCUT2D eigenvalue weighted by Gasteiger charge is -2.19. The molecule has 1 saturated carbocycles. The summed E-state index contributed by atoms with van der Waals surface area (Å²) in [5, 5.41) is 17.7. The Hall–Kier alpha value is 0.130. The van der Waals surface area contributed by atoms with Crippen molar-refractivity contribution >= 4 is 11.6 Å². The summed E-state index contributed by atoms with van der Waals surface area (Å²) in [7, 11) is 3.92. The van der Waals surface area contributed by atoms with Gasteiger partial charge in [0.15, 0.2) is 0 Å². The Morgan fingerprint density at radius 2 is 1.36 bits per heavy atom. The summed E-state index contributed by atoms with van der Waals surface area (Å²) in [5.41, 5.74) is 0. The molecule has 2 atom stereocenters. The normalized spacial score (nSPS) is 31.5. The molecule has 0 bridgehead atoms. The van der Waals surface area contributed by atoms with Crippen molar-refractivity contribution in [2.45, 2.75) is 17.5 Å². The van der Waals surface area contributed by atoms with Gasteiger partial charge in [0.2, 0.25) is 0 Å². The third kappa shape index (κ3) is 2.58. The second-order valence-corrected chi connectivity index (χ2v) is 4.34. The van der Waals surface area contributed by atoms with Gasteiger partial charge >= 0.3 is 0 Å². The zero-order valence-electron chi connectivity index (χ0n) is 8.73. The summed E-state index contributed by atoms with van der Waals surface area (Å²) >= 11 is 6.13. The van der Waals surface area contributed by atoms with E-state index in [2.05, 4.69) is 9.80 Å². The zero-order valence-corrected chi connectivity index (χ0v) is 9.48. The standard InChI is InChI=1S/C9H19ClN2O2/c1-11(3-5-13)8-7(10)9(8)12(2)4-6-14/h7-9,13-14H,3-6H2,1-2H3. The average molecular weight is 223 g/mol. The molecular formula is C9H19ClN2O2. The lowest BCUT2D eigenvalue weighted by molar-refractivity contribution is 0.180. The van der Waals surface area contributed by atoms with E-state index in [4.69, 9.17) is 21.8 Å². The van der Waals surface area contributed by atoms with Crippen LogP contribution in [0, 0.1) is 0 Å². The first kappa shape index (κ1) is 12.2. The molecule has 0 saturated heterocycles. The smallest absolute Gasteiger partial charge is 0.0677 e. The van der Waals surface area contributed by atoms with Gasteiger partial charge in [0.1, 0.15) is 0 Å². The predicted molar refractivity (Wildman–Crippen MR) is 56.6 cm³/mol. The van der Waals surface area contributed by atoms with E-state index in [-0.39, 0.29) is 18.6 Å². The minimum Gasteiger partial charge on any atom is -0.395 e. The van der Waals surface area contributed by atoms with E-state index in [1.54, 1.807) is 0 Å². The maximum absolute atomic E-state index is 8.79. The second-order valence-electron chi connectivity index (χ2n) is 3.83. The fourth-order valence-electron chi connectivity index (χ4n) is 1.87. The highest BCUT2D eigenvalue weighted by Crippen LogP contribution is 2.37. The van der Waals surface area contributed by atoms with Gasteiger partial charge in [-0.15, -0.1) is 11.6 Å². The minimum atomic E-state index is 0.114. The molecule has 84 valence electrons. The molecule has 0 aromatic heterocycles. The van der Waals surface area contributed by atoms with Crippen molar-refractivity contribution in [1.82, 2.24) is 9.80 Å². The first-order chi connectivity index (χ1) is 6.63. The minimum absolute atomic E-state index is 0.114. The Morgan fingerprint density at radius 1 is 1.00 bits per heavy atom. The quantitative estimate of drug-likeness (QED) is 0.578. The van der Waals surface area contributed by atoms with Crippen LogP contribution < -0.4 is 0 Å². The molecule has 0 amide bonds. The van der Waals surface area contributed by atoms with E-state index in [9.17, 15) is 0 Å². The van der Waals surface area contributed by atoms with Crippen molar-refractivity contribution < 1.29 is 10.2 Å². The maximum atomic E-state index is 8.79. The lowest BCUT2D eigenvalue weighted by atomic mass is 10.4. The van der Waals surface area contributed by atoms with E-state index in [0.717, 1.165) is 0 Å². The first-order valence-electron chi connectivity index (χ1n) is 4.89. The molecule has 0 aliphatic heterocycles.